The Morgan fingerprint density at radius 2 is 2.27 bits per heavy atom. The van der Waals surface area contributed by atoms with Gasteiger partial charge in [0.2, 0.25) is 0 Å². The molecule has 0 aromatic rings. The van der Waals surface area contributed by atoms with Crippen LogP contribution in [-0.4, -0.2) is 30.8 Å². The van der Waals surface area contributed by atoms with Crippen LogP contribution in [0.1, 0.15) is 13.3 Å². The number of esters is 1. The van der Waals surface area contributed by atoms with Crippen LogP contribution < -0.4 is 5.73 Å². The summed E-state index contributed by atoms with van der Waals surface area (Å²) in [7, 11) is 1.30. The summed E-state index contributed by atoms with van der Waals surface area (Å²) >= 11 is 0. The van der Waals surface area contributed by atoms with E-state index in [2.05, 4.69) is 4.74 Å². The van der Waals surface area contributed by atoms with Crippen molar-refractivity contribution in [3.05, 3.63) is 0 Å². The average molecular weight is 161 g/mol. The van der Waals surface area contributed by atoms with Crippen LogP contribution in [0.25, 0.3) is 0 Å². The zero-order valence-corrected chi connectivity index (χ0v) is 6.91. The van der Waals surface area contributed by atoms with E-state index in [1.807, 2.05) is 0 Å². The van der Waals surface area contributed by atoms with E-state index in [1.54, 1.807) is 6.92 Å². The standard InChI is InChI=1S/C7H15NO3/c1-5(3-4-9)6(8)7(10)11-2/h5-6,9H,3-4,8H2,1-2H3/t5-,6?/m1/s1. The number of hydrogen-bond acceptors (Lipinski definition) is 4. The smallest absolute Gasteiger partial charge is 0.322 e. The minimum atomic E-state index is -0.618. The number of nitrogens with two attached hydrogens (primary N) is 1. The van der Waals surface area contributed by atoms with E-state index in [9.17, 15) is 4.79 Å². The van der Waals surface area contributed by atoms with E-state index < -0.39 is 12.0 Å². The second-order valence-electron chi connectivity index (χ2n) is 2.54. The van der Waals surface area contributed by atoms with Gasteiger partial charge in [-0.15, -0.1) is 0 Å². The Labute approximate surface area is 66.3 Å². The van der Waals surface area contributed by atoms with E-state index in [1.165, 1.54) is 7.11 Å². The molecule has 0 aromatic carbocycles. The topological polar surface area (TPSA) is 72.5 Å². The minimum Gasteiger partial charge on any atom is -0.468 e. The molecule has 4 heteroatoms. The number of ether oxygens (including phenoxy) is 1. The van der Waals surface area contributed by atoms with Gasteiger partial charge in [-0.05, 0) is 12.3 Å². The van der Waals surface area contributed by atoms with Crippen LogP contribution in [0.2, 0.25) is 0 Å². The van der Waals surface area contributed by atoms with Crippen molar-refractivity contribution in [2.24, 2.45) is 11.7 Å². The third-order valence-electron chi connectivity index (χ3n) is 1.67. The molecule has 0 saturated heterocycles. The molecule has 0 heterocycles. The first kappa shape index (κ1) is 10.4. The molecule has 0 aliphatic rings. The highest BCUT2D eigenvalue weighted by atomic mass is 16.5. The number of methoxy groups -OCH3 is 1. The molecule has 0 fully saturated rings. The Bertz CT molecular complexity index is 127. The van der Waals surface area contributed by atoms with Crippen molar-refractivity contribution < 1.29 is 14.6 Å². The molecule has 0 aliphatic heterocycles. The van der Waals surface area contributed by atoms with Gasteiger partial charge >= 0.3 is 5.97 Å². The van der Waals surface area contributed by atoms with Crippen LogP contribution in [0.5, 0.6) is 0 Å². The summed E-state index contributed by atoms with van der Waals surface area (Å²) in [5.74, 6) is -0.460. The van der Waals surface area contributed by atoms with Gasteiger partial charge in [0.25, 0.3) is 0 Å². The first-order valence-corrected chi connectivity index (χ1v) is 3.57. The Balaban J connectivity index is 3.80. The molecule has 0 aliphatic carbocycles. The maximum Gasteiger partial charge on any atom is 0.322 e. The van der Waals surface area contributed by atoms with Crippen molar-refractivity contribution in [3.8, 4) is 0 Å². The van der Waals surface area contributed by atoms with Gasteiger partial charge in [-0.25, -0.2) is 0 Å². The van der Waals surface area contributed by atoms with Crippen LogP contribution >= 0.6 is 0 Å². The lowest BCUT2D eigenvalue weighted by molar-refractivity contribution is -0.143. The Hall–Kier alpha value is -0.610. The summed E-state index contributed by atoms with van der Waals surface area (Å²) < 4.78 is 4.43. The maximum absolute atomic E-state index is 10.8. The Kier molecular flexibility index (Phi) is 4.81. The van der Waals surface area contributed by atoms with Gasteiger partial charge in [0.1, 0.15) is 6.04 Å². The van der Waals surface area contributed by atoms with Crippen LogP contribution in [0.15, 0.2) is 0 Å². The number of rotatable bonds is 4. The summed E-state index contributed by atoms with van der Waals surface area (Å²) in [6.45, 7) is 1.85. The van der Waals surface area contributed by atoms with Crippen LogP contribution in [-0.2, 0) is 9.53 Å². The van der Waals surface area contributed by atoms with Crippen molar-refractivity contribution in [1.82, 2.24) is 0 Å². The zero-order chi connectivity index (χ0) is 8.85. The van der Waals surface area contributed by atoms with Crippen LogP contribution in [0, 0.1) is 5.92 Å². The molecule has 0 rings (SSSR count). The monoisotopic (exact) mass is 161 g/mol. The van der Waals surface area contributed by atoms with Crippen molar-refractivity contribution >= 4 is 5.97 Å². The summed E-state index contributed by atoms with van der Waals surface area (Å²) in [4.78, 5) is 10.8. The molecular weight excluding hydrogens is 146 g/mol. The minimum absolute atomic E-state index is 0.0348. The molecule has 3 N–H and O–H groups in total. The predicted octanol–water partition coefficient (Wildman–Crippen LogP) is -0.495. The molecule has 0 bridgehead atoms. The number of aliphatic hydroxyl groups is 1. The SMILES string of the molecule is COC(=O)C(N)[C@H](C)CCO. The highest BCUT2D eigenvalue weighted by Gasteiger charge is 2.20. The van der Waals surface area contributed by atoms with Crippen LogP contribution in [0.4, 0.5) is 0 Å². The highest BCUT2D eigenvalue weighted by molar-refractivity contribution is 5.75. The summed E-state index contributed by atoms with van der Waals surface area (Å²) in [6, 6.07) is -0.618. The molecule has 0 spiro atoms. The van der Waals surface area contributed by atoms with E-state index in [0.29, 0.717) is 6.42 Å². The molecule has 0 radical (unpaired) electrons. The number of hydrogen-bond donors (Lipinski definition) is 2. The average Bonchev–Trinajstić information content (AvgIpc) is 2.02. The van der Waals surface area contributed by atoms with Crippen molar-refractivity contribution in [3.63, 3.8) is 0 Å². The van der Waals surface area contributed by atoms with Gasteiger partial charge in [0, 0.05) is 6.61 Å². The molecule has 0 aromatic heterocycles. The Morgan fingerprint density at radius 1 is 1.73 bits per heavy atom. The third-order valence-corrected chi connectivity index (χ3v) is 1.67. The van der Waals surface area contributed by atoms with E-state index in [0.717, 1.165) is 0 Å². The highest BCUT2D eigenvalue weighted by Crippen LogP contribution is 2.06. The lowest BCUT2D eigenvalue weighted by Crippen LogP contribution is -2.38. The molecule has 11 heavy (non-hydrogen) atoms. The van der Waals surface area contributed by atoms with Crippen LogP contribution in [0.3, 0.4) is 0 Å². The van der Waals surface area contributed by atoms with Gasteiger partial charge in [-0.2, -0.15) is 0 Å². The third kappa shape index (κ3) is 3.34. The van der Waals surface area contributed by atoms with Gasteiger partial charge in [0.05, 0.1) is 7.11 Å². The Morgan fingerprint density at radius 3 is 2.64 bits per heavy atom. The first-order chi connectivity index (χ1) is 5.13. The fraction of sp³-hybridized carbons (Fsp3) is 0.857. The number of carbonyl (C=O) groups is 1. The zero-order valence-electron chi connectivity index (χ0n) is 6.91. The second kappa shape index (κ2) is 5.09. The van der Waals surface area contributed by atoms with E-state index >= 15 is 0 Å². The lowest BCUT2D eigenvalue weighted by atomic mass is 10.00. The lowest BCUT2D eigenvalue weighted by Gasteiger charge is -2.15. The van der Waals surface area contributed by atoms with Gasteiger partial charge in [0.15, 0.2) is 0 Å². The summed E-state index contributed by atoms with van der Waals surface area (Å²) in [6.07, 6.45) is 0.524. The molecule has 66 valence electrons. The summed E-state index contributed by atoms with van der Waals surface area (Å²) in [5.41, 5.74) is 5.47. The van der Waals surface area contributed by atoms with Crippen molar-refractivity contribution in [2.75, 3.05) is 13.7 Å². The normalized spacial score (nSPS) is 15.6. The van der Waals surface area contributed by atoms with Crippen molar-refractivity contribution in [1.29, 1.82) is 0 Å². The molecule has 0 amide bonds. The molecule has 4 nitrogen and oxygen atoms in total. The number of aliphatic hydroxyl groups excluding tert-OH is 1. The quantitative estimate of drug-likeness (QED) is 0.545. The largest absolute Gasteiger partial charge is 0.468 e. The molecule has 2 atom stereocenters. The first-order valence-electron chi connectivity index (χ1n) is 3.57. The molecular formula is C7H15NO3. The second-order valence-corrected chi connectivity index (χ2v) is 2.54. The van der Waals surface area contributed by atoms with Crippen molar-refractivity contribution in [2.45, 2.75) is 19.4 Å². The fourth-order valence-corrected chi connectivity index (χ4v) is 0.752. The van der Waals surface area contributed by atoms with Gasteiger partial charge in [-0.3, -0.25) is 4.79 Å². The molecule has 0 saturated carbocycles. The van der Waals surface area contributed by atoms with E-state index in [-0.39, 0.29) is 12.5 Å². The maximum atomic E-state index is 10.8. The van der Waals surface area contributed by atoms with Gasteiger partial charge in [-0.1, -0.05) is 6.92 Å². The summed E-state index contributed by atoms with van der Waals surface area (Å²) in [5, 5.41) is 8.53. The predicted molar refractivity (Wildman–Crippen MR) is 40.9 cm³/mol. The van der Waals surface area contributed by atoms with E-state index in [4.69, 9.17) is 10.8 Å². The van der Waals surface area contributed by atoms with Gasteiger partial charge < -0.3 is 15.6 Å². The number of carbonyl (C=O) groups excluding carboxylic acids is 1. The molecule has 1 unspecified atom stereocenters. The fourth-order valence-electron chi connectivity index (χ4n) is 0.752.